The van der Waals surface area contributed by atoms with E-state index >= 15 is 0 Å². The summed E-state index contributed by atoms with van der Waals surface area (Å²) in [4.78, 5) is 0. The van der Waals surface area contributed by atoms with Crippen molar-refractivity contribution in [2.24, 2.45) is 5.41 Å². The largest absolute Gasteiger partial charge is 0.363 e. The lowest BCUT2D eigenvalue weighted by atomic mass is 9.62. The predicted octanol–water partition coefficient (Wildman–Crippen LogP) is 2.43. The summed E-state index contributed by atoms with van der Waals surface area (Å²) in [6.45, 7) is 2.41. The minimum Gasteiger partial charge on any atom is -0.363 e. The maximum absolute atomic E-state index is 14.4. The lowest BCUT2D eigenvalue weighted by Gasteiger charge is -2.55. The second-order valence-corrected chi connectivity index (χ2v) is 5.59. The van der Waals surface area contributed by atoms with Crippen molar-refractivity contribution in [3.8, 4) is 0 Å². The van der Waals surface area contributed by atoms with Crippen LogP contribution in [0.3, 0.4) is 0 Å². The van der Waals surface area contributed by atoms with Crippen molar-refractivity contribution in [3.05, 3.63) is 0 Å². The van der Waals surface area contributed by atoms with Gasteiger partial charge in [-0.05, 0) is 0 Å². The molecule has 1 saturated carbocycles. The molecule has 8 heteroatoms. The highest BCUT2D eigenvalue weighted by Crippen LogP contribution is 2.62. The van der Waals surface area contributed by atoms with Crippen LogP contribution in [0.4, 0.5) is 26.3 Å². The van der Waals surface area contributed by atoms with E-state index in [4.69, 9.17) is 0 Å². The van der Waals surface area contributed by atoms with E-state index in [0.29, 0.717) is 0 Å². The molecule has 0 saturated heterocycles. The van der Waals surface area contributed by atoms with Crippen LogP contribution in [-0.2, 0) is 0 Å². The summed E-state index contributed by atoms with van der Waals surface area (Å²) >= 11 is 0. The molecule has 0 heterocycles. The van der Waals surface area contributed by atoms with Gasteiger partial charge in [-0.3, -0.25) is 0 Å². The van der Waals surface area contributed by atoms with Gasteiger partial charge in [0.2, 0.25) is 11.5 Å². The number of rotatable bonds is 0. The number of hydrogen-bond acceptors (Lipinski definition) is 2. The van der Waals surface area contributed by atoms with Gasteiger partial charge in [0.05, 0.1) is 0 Å². The molecular formula is C10H14F6O2. The topological polar surface area (TPSA) is 40.5 Å². The molecule has 2 atom stereocenters. The van der Waals surface area contributed by atoms with Crippen molar-refractivity contribution >= 4 is 0 Å². The second-order valence-electron chi connectivity index (χ2n) is 5.59. The molecule has 0 amide bonds. The lowest BCUT2D eigenvalue weighted by Crippen LogP contribution is -2.78. The van der Waals surface area contributed by atoms with Crippen LogP contribution in [0, 0.1) is 5.41 Å². The molecule has 0 aromatic rings. The third-order valence-corrected chi connectivity index (χ3v) is 3.29. The Hall–Kier alpha value is -0.500. The van der Waals surface area contributed by atoms with E-state index in [-0.39, 0.29) is 0 Å². The first-order valence-corrected chi connectivity index (χ1v) is 5.16. The Bertz CT molecular complexity index is 349. The summed E-state index contributed by atoms with van der Waals surface area (Å²) in [6, 6.07) is 0. The summed E-state index contributed by atoms with van der Waals surface area (Å²) in [5.41, 5.74) is -6.64. The zero-order chi connectivity index (χ0) is 14.8. The molecule has 0 aromatic carbocycles. The summed E-state index contributed by atoms with van der Waals surface area (Å²) in [5.74, 6) is -14.8. The van der Waals surface area contributed by atoms with Gasteiger partial charge in [-0.25, -0.2) is 8.78 Å². The standard InChI is InChI=1S/C10H14F6O2/c1-6(2,3)9(14)7(17,18)4-5(11)8(12,13)10(9,15)16/h5,17-18H,4H2,1-3H3. The van der Waals surface area contributed by atoms with E-state index in [9.17, 15) is 36.6 Å². The molecule has 2 N–H and O–H groups in total. The van der Waals surface area contributed by atoms with E-state index in [2.05, 4.69) is 0 Å². The van der Waals surface area contributed by atoms with Gasteiger partial charge in [0.25, 0.3) is 0 Å². The van der Waals surface area contributed by atoms with Crippen molar-refractivity contribution in [2.45, 2.75) is 56.7 Å². The van der Waals surface area contributed by atoms with Crippen molar-refractivity contribution in [3.63, 3.8) is 0 Å². The Kier molecular flexibility index (Phi) is 3.05. The van der Waals surface area contributed by atoms with Gasteiger partial charge in [0.15, 0.2) is 6.17 Å². The second kappa shape index (κ2) is 3.53. The number of alkyl halides is 6. The first kappa shape index (κ1) is 15.6. The molecule has 108 valence electrons. The molecular weight excluding hydrogens is 266 g/mol. The fourth-order valence-corrected chi connectivity index (χ4v) is 2.27. The van der Waals surface area contributed by atoms with Gasteiger partial charge < -0.3 is 10.2 Å². The fourth-order valence-electron chi connectivity index (χ4n) is 2.27. The fraction of sp³-hybridized carbons (Fsp3) is 1.00. The Morgan fingerprint density at radius 2 is 1.39 bits per heavy atom. The zero-order valence-electron chi connectivity index (χ0n) is 9.95. The monoisotopic (exact) mass is 280 g/mol. The van der Waals surface area contributed by atoms with Crippen molar-refractivity contribution < 1.29 is 36.6 Å². The Labute approximate surface area is 99.6 Å². The Balaban J connectivity index is 3.55. The van der Waals surface area contributed by atoms with Crippen LogP contribution >= 0.6 is 0 Å². The molecule has 2 unspecified atom stereocenters. The van der Waals surface area contributed by atoms with E-state index in [1.807, 2.05) is 0 Å². The number of aliphatic hydroxyl groups is 2. The summed E-state index contributed by atoms with van der Waals surface area (Å²) in [5, 5.41) is 18.6. The molecule has 1 fully saturated rings. The molecule has 0 bridgehead atoms. The molecule has 0 aliphatic heterocycles. The predicted molar refractivity (Wildman–Crippen MR) is 49.9 cm³/mol. The van der Waals surface area contributed by atoms with Crippen LogP contribution in [0.5, 0.6) is 0 Å². The molecule has 18 heavy (non-hydrogen) atoms. The quantitative estimate of drug-likeness (QED) is 0.528. The van der Waals surface area contributed by atoms with Crippen molar-refractivity contribution in [2.75, 3.05) is 0 Å². The average molecular weight is 280 g/mol. The van der Waals surface area contributed by atoms with Crippen LogP contribution in [-0.4, -0.2) is 39.7 Å². The third-order valence-electron chi connectivity index (χ3n) is 3.29. The van der Waals surface area contributed by atoms with E-state index in [1.54, 1.807) is 0 Å². The van der Waals surface area contributed by atoms with E-state index in [1.165, 1.54) is 0 Å². The Morgan fingerprint density at radius 1 is 1.00 bits per heavy atom. The van der Waals surface area contributed by atoms with Crippen molar-refractivity contribution in [1.29, 1.82) is 0 Å². The van der Waals surface area contributed by atoms with Crippen LogP contribution < -0.4 is 0 Å². The van der Waals surface area contributed by atoms with Crippen LogP contribution in [0.15, 0.2) is 0 Å². The van der Waals surface area contributed by atoms with Crippen LogP contribution in [0.25, 0.3) is 0 Å². The SMILES string of the molecule is CC(C)(C)C1(F)C(O)(O)CC(F)C(F)(F)C1(F)F. The van der Waals surface area contributed by atoms with Gasteiger partial charge >= 0.3 is 11.8 Å². The van der Waals surface area contributed by atoms with Gasteiger partial charge in [-0.1, -0.05) is 20.8 Å². The Morgan fingerprint density at radius 3 is 1.72 bits per heavy atom. The van der Waals surface area contributed by atoms with E-state index in [0.717, 1.165) is 20.8 Å². The maximum atomic E-state index is 14.4. The number of hydrogen-bond donors (Lipinski definition) is 2. The van der Waals surface area contributed by atoms with E-state index < -0.39 is 41.3 Å². The summed E-state index contributed by atoms with van der Waals surface area (Å²) < 4.78 is 80.9. The third kappa shape index (κ3) is 1.51. The minimum atomic E-state index is -5.56. The summed E-state index contributed by atoms with van der Waals surface area (Å²) in [6.07, 6.45) is -5.38. The van der Waals surface area contributed by atoms with Crippen molar-refractivity contribution in [1.82, 2.24) is 0 Å². The maximum Gasteiger partial charge on any atom is 0.352 e. The molecule has 1 aliphatic rings. The lowest BCUT2D eigenvalue weighted by molar-refractivity contribution is -0.423. The normalized spacial score (nSPS) is 38.5. The highest BCUT2D eigenvalue weighted by molar-refractivity contribution is 5.20. The smallest absolute Gasteiger partial charge is 0.352 e. The summed E-state index contributed by atoms with van der Waals surface area (Å²) in [7, 11) is 0. The minimum absolute atomic E-state index is 0.802. The van der Waals surface area contributed by atoms with Gasteiger partial charge in [0, 0.05) is 11.8 Å². The van der Waals surface area contributed by atoms with Gasteiger partial charge in [0.1, 0.15) is 0 Å². The first-order valence-electron chi connectivity index (χ1n) is 5.16. The average Bonchev–Trinajstić information content (AvgIpc) is 2.11. The molecule has 1 rings (SSSR count). The number of halogens is 6. The molecule has 0 aromatic heterocycles. The van der Waals surface area contributed by atoms with Gasteiger partial charge in [-0.2, -0.15) is 17.6 Å². The molecule has 0 spiro atoms. The van der Waals surface area contributed by atoms with Crippen LogP contribution in [0.2, 0.25) is 0 Å². The zero-order valence-corrected chi connectivity index (χ0v) is 9.95. The first-order chi connectivity index (χ1) is 7.63. The molecule has 1 aliphatic carbocycles. The highest BCUT2D eigenvalue weighted by Gasteiger charge is 2.85. The van der Waals surface area contributed by atoms with Crippen LogP contribution in [0.1, 0.15) is 27.2 Å². The highest BCUT2D eigenvalue weighted by atomic mass is 19.3. The van der Waals surface area contributed by atoms with Gasteiger partial charge in [-0.15, -0.1) is 0 Å². The molecule has 0 radical (unpaired) electrons. The molecule has 2 nitrogen and oxygen atoms in total.